The van der Waals surface area contributed by atoms with E-state index in [-0.39, 0.29) is 17.7 Å². The van der Waals surface area contributed by atoms with Crippen LogP contribution in [-0.4, -0.2) is 52.8 Å². The minimum Gasteiger partial charge on any atom is -0.444 e. The molecule has 0 fully saturated rings. The summed E-state index contributed by atoms with van der Waals surface area (Å²) in [5.41, 5.74) is 0.378. The number of carbonyl (C=O) groups is 3. The Labute approximate surface area is 216 Å². The van der Waals surface area contributed by atoms with Gasteiger partial charge >= 0.3 is 6.09 Å². The molecule has 0 radical (unpaired) electrons. The molecule has 8 heteroatoms. The van der Waals surface area contributed by atoms with Gasteiger partial charge in [0.05, 0.1) is 0 Å². The molecule has 1 aromatic rings. The third kappa shape index (κ3) is 9.85. The lowest BCUT2D eigenvalue weighted by atomic mass is 9.97. The van der Waals surface area contributed by atoms with Crippen molar-refractivity contribution in [1.29, 1.82) is 0 Å². The van der Waals surface area contributed by atoms with Gasteiger partial charge in [-0.15, -0.1) is 6.42 Å². The number of unbranched alkanes of at least 4 members (excludes halogenated alkanes) is 1. The molecule has 0 aromatic heterocycles. The van der Waals surface area contributed by atoms with Crippen molar-refractivity contribution >= 4 is 30.5 Å². The lowest BCUT2D eigenvalue weighted by Crippen LogP contribution is -2.54. The summed E-state index contributed by atoms with van der Waals surface area (Å²) in [7, 11) is 0. The van der Waals surface area contributed by atoms with E-state index in [1.54, 1.807) is 45.0 Å². The van der Waals surface area contributed by atoms with Gasteiger partial charge in [-0.1, -0.05) is 50.8 Å². The van der Waals surface area contributed by atoms with Crippen LogP contribution in [0.1, 0.15) is 84.4 Å². The molecule has 0 saturated heterocycles. The Bertz CT molecular complexity index is 891. The Balaban J connectivity index is 3.46. The van der Waals surface area contributed by atoms with Crippen LogP contribution in [-0.2, 0) is 14.3 Å². The van der Waals surface area contributed by atoms with E-state index >= 15 is 0 Å². The first kappa shape index (κ1) is 30.4. The predicted molar refractivity (Wildman–Crippen MR) is 143 cm³/mol. The first-order chi connectivity index (χ1) is 16.5. The number of hydrogen-bond acceptors (Lipinski definition) is 5. The number of thiol groups is 1. The van der Waals surface area contributed by atoms with Gasteiger partial charge < -0.3 is 20.3 Å². The van der Waals surface area contributed by atoms with E-state index in [9.17, 15) is 14.4 Å². The molecule has 1 rings (SSSR count). The molecule has 0 aliphatic carbocycles. The van der Waals surface area contributed by atoms with E-state index < -0.39 is 29.7 Å². The van der Waals surface area contributed by atoms with Crippen LogP contribution in [0.4, 0.5) is 4.79 Å². The molecule has 0 aliphatic rings. The van der Waals surface area contributed by atoms with E-state index in [0.717, 1.165) is 19.3 Å². The average molecular weight is 504 g/mol. The maximum Gasteiger partial charge on any atom is 0.408 e. The fourth-order valence-electron chi connectivity index (χ4n) is 3.67. The smallest absolute Gasteiger partial charge is 0.408 e. The second-order valence-corrected chi connectivity index (χ2v) is 9.96. The van der Waals surface area contributed by atoms with Crippen molar-refractivity contribution in [2.24, 2.45) is 0 Å². The van der Waals surface area contributed by atoms with Crippen molar-refractivity contribution < 1.29 is 19.1 Å². The molecule has 3 amide bonds. The standard InChI is InChI=1S/C27H41N3O4S/c1-8-11-17-30(25(32)22(18-35)29-26(33)34-27(5,6)7)23(24(31)28-19(4)14-9-2)21-16-13-12-15-20(21)10-3/h3,12-13,15-16,19,22-23,35H,8-9,11,14,17-18H2,1-2,4-7H3,(H,28,31)(H,29,33). The summed E-state index contributed by atoms with van der Waals surface area (Å²) in [6.07, 6.45) is 8.23. The molecular weight excluding hydrogens is 462 g/mol. The number of rotatable bonds is 12. The number of hydrogen-bond donors (Lipinski definition) is 3. The number of terminal acetylenes is 1. The number of nitrogens with one attached hydrogen (secondary N) is 2. The molecule has 0 saturated carbocycles. The fraction of sp³-hybridized carbons (Fsp3) is 0.593. The van der Waals surface area contributed by atoms with Crippen molar-refractivity contribution in [1.82, 2.24) is 15.5 Å². The molecule has 0 aliphatic heterocycles. The predicted octanol–water partition coefficient (Wildman–Crippen LogP) is 4.47. The summed E-state index contributed by atoms with van der Waals surface area (Å²) >= 11 is 4.31. The quantitative estimate of drug-likeness (QED) is 0.290. The van der Waals surface area contributed by atoms with Gasteiger partial charge in [0.25, 0.3) is 0 Å². The van der Waals surface area contributed by atoms with E-state index in [2.05, 4.69) is 29.2 Å². The third-order valence-corrected chi connectivity index (χ3v) is 5.65. The molecule has 35 heavy (non-hydrogen) atoms. The van der Waals surface area contributed by atoms with Crippen molar-refractivity contribution in [2.75, 3.05) is 12.3 Å². The van der Waals surface area contributed by atoms with Crippen molar-refractivity contribution in [3.05, 3.63) is 35.4 Å². The van der Waals surface area contributed by atoms with E-state index in [4.69, 9.17) is 11.2 Å². The van der Waals surface area contributed by atoms with Crippen molar-refractivity contribution in [3.8, 4) is 12.3 Å². The third-order valence-electron chi connectivity index (χ3n) is 5.29. The second-order valence-electron chi connectivity index (χ2n) is 9.60. The van der Waals surface area contributed by atoms with Crippen LogP contribution in [0, 0.1) is 12.3 Å². The SMILES string of the molecule is C#Cc1ccccc1C(C(=O)NC(C)CCC)N(CCCC)C(=O)C(CS)NC(=O)OC(C)(C)C. The first-order valence-electron chi connectivity index (χ1n) is 12.3. The van der Waals surface area contributed by atoms with Crippen molar-refractivity contribution in [3.63, 3.8) is 0 Å². The van der Waals surface area contributed by atoms with Crippen molar-refractivity contribution in [2.45, 2.75) is 91.0 Å². The Morgan fingerprint density at radius 2 is 1.80 bits per heavy atom. The topological polar surface area (TPSA) is 87.7 Å². The Hall–Kier alpha value is -2.66. The number of benzene rings is 1. The summed E-state index contributed by atoms with van der Waals surface area (Å²) in [5.74, 6) is 1.94. The molecule has 7 nitrogen and oxygen atoms in total. The molecule has 3 atom stereocenters. The lowest BCUT2D eigenvalue weighted by molar-refractivity contribution is -0.142. The van der Waals surface area contributed by atoms with Crippen LogP contribution in [0.15, 0.2) is 24.3 Å². The maximum absolute atomic E-state index is 13.8. The van der Waals surface area contributed by atoms with Gasteiger partial charge in [-0.25, -0.2) is 4.79 Å². The molecular formula is C27H41N3O4S. The highest BCUT2D eigenvalue weighted by molar-refractivity contribution is 7.80. The van der Waals surface area contributed by atoms with E-state index in [0.29, 0.717) is 24.1 Å². The zero-order valence-electron chi connectivity index (χ0n) is 21.9. The van der Waals surface area contributed by atoms with Crippen LogP contribution in [0.2, 0.25) is 0 Å². The van der Waals surface area contributed by atoms with Gasteiger partial charge in [0.15, 0.2) is 0 Å². The van der Waals surface area contributed by atoms with E-state index in [1.165, 1.54) is 4.90 Å². The normalized spacial score (nSPS) is 13.7. The average Bonchev–Trinajstić information content (AvgIpc) is 2.78. The molecule has 0 bridgehead atoms. The Morgan fingerprint density at radius 1 is 1.14 bits per heavy atom. The second kappa shape index (κ2) is 14.7. The lowest BCUT2D eigenvalue weighted by Gasteiger charge is -2.35. The van der Waals surface area contributed by atoms with E-state index in [1.807, 2.05) is 20.8 Å². The minimum absolute atomic E-state index is 0.0397. The highest BCUT2D eigenvalue weighted by Gasteiger charge is 2.36. The largest absolute Gasteiger partial charge is 0.444 e. The van der Waals surface area contributed by atoms with Crippen LogP contribution in [0.5, 0.6) is 0 Å². The van der Waals surface area contributed by atoms with Crippen LogP contribution >= 0.6 is 12.6 Å². The van der Waals surface area contributed by atoms with Gasteiger partial charge in [-0.3, -0.25) is 9.59 Å². The van der Waals surface area contributed by atoms with Crippen LogP contribution < -0.4 is 10.6 Å². The van der Waals surface area contributed by atoms with Gasteiger partial charge in [0, 0.05) is 23.9 Å². The molecule has 0 spiro atoms. The van der Waals surface area contributed by atoms with Crippen LogP contribution in [0.3, 0.4) is 0 Å². The summed E-state index contributed by atoms with van der Waals surface area (Å²) in [4.78, 5) is 41.3. The fourth-order valence-corrected chi connectivity index (χ4v) is 3.92. The number of amides is 3. The van der Waals surface area contributed by atoms with Gasteiger partial charge in [-0.05, 0) is 52.2 Å². The molecule has 1 aromatic carbocycles. The summed E-state index contributed by atoms with van der Waals surface area (Å²) in [6, 6.07) is 5.11. The summed E-state index contributed by atoms with van der Waals surface area (Å²) in [5, 5.41) is 5.65. The highest BCUT2D eigenvalue weighted by atomic mass is 32.1. The Kier molecular flexibility index (Phi) is 12.7. The summed E-state index contributed by atoms with van der Waals surface area (Å²) < 4.78 is 5.33. The summed E-state index contributed by atoms with van der Waals surface area (Å²) in [6.45, 7) is 11.5. The number of carbonyl (C=O) groups excluding carboxylic acids is 3. The zero-order chi connectivity index (χ0) is 26.6. The molecule has 3 unspecified atom stereocenters. The molecule has 194 valence electrons. The first-order valence-corrected chi connectivity index (χ1v) is 12.9. The van der Waals surface area contributed by atoms with Crippen LogP contribution in [0.25, 0.3) is 0 Å². The zero-order valence-corrected chi connectivity index (χ0v) is 22.8. The minimum atomic E-state index is -0.980. The number of ether oxygens (including phenoxy) is 1. The van der Waals surface area contributed by atoms with Gasteiger partial charge in [0.1, 0.15) is 17.7 Å². The highest BCUT2D eigenvalue weighted by Crippen LogP contribution is 2.26. The molecule has 0 heterocycles. The maximum atomic E-state index is 13.8. The van der Waals surface area contributed by atoms with Gasteiger partial charge in [0.2, 0.25) is 11.8 Å². The number of nitrogens with zero attached hydrogens (tertiary/aromatic N) is 1. The molecule has 2 N–H and O–H groups in total. The monoisotopic (exact) mass is 503 g/mol. The Morgan fingerprint density at radius 3 is 2.34 bits per heavy atom. The van der Waals surface area contributed by atoms with Gasteiger partial charge in [-0.2, -0.15) is 12.6 Å². The number of alkyl carbamates (subject to hydrolysis) is 1.